The molecule has 0 aliphatic heterocycles. The molecule has 2 aromatic carbocycles. The summed E-state index contributed by atoms with van der Waals surface area (Å²) in [6.07, 6.45) is 0. The van der Waals surface area contributed by atoms with E-state index in [4.69, 9.17) is 0 Å². The molecule has 2 rings (SSSR count). The van der Waals surface area contributed by atoms with Crippen LogP contribution in [-0.4, -0.2) is 6.04 Å². The number of rotatable bonds is 4. The molecule has 0 atom stereocenters. The highest BCUT2D eigenvalue weighted by Gasteiger charge is 2.10. The van der Waals surface area contributed by atoms with Crippen molar-refractivity contribution in [2.75, 3.05) is 0 Å². The van der Waals surface area contributed by atoms with E-state index in [0.717, 1.165) is 12.1 Å². The maximum Gasteiger partial charge on any atom is 0.133 e. The van der Waals surface area contributed by atoms with E-state index >= 15 is 0 Å². The Bertz CT molecular complexity index is 527. The normalized spacial score (nSPS) is 11.0. The van der Waals surface area contributed by atoms with Crippen LogP contribution >= 0.6 is 0 Å². The molecule has 19 heavy (non-hydrogen) atoms. The molecule has 0 spiro atoms. The van der Waals surface area contributed by atoms with Gasteiger partial charge in [-0.3, -0.25) is 0 Å². The molecular weight excluding hydrogens is 244 g/mol. The van der Waals surface area contributed by atoms with Crippen molar-refractivity contribution in [2.24, 2.45) is 0 Å². The van der Waals surface area contributed by atoms with E-state index in [1.165, 1.54) is 18.2 Å². The molecule has 100 valence electrons. The van der Waals surface area contributed by atoms with Gasteiger partial charge in [0.15, 0.2) is 0 Å². The van der Waals surface area contributed by atoms with Gasteiger partial charge in [0.05, 0.1) is 5.56 Å². The summed E-state index contributed by atoms with van der Waals surface area (Å²) in [5.74, 6) is -1.07. The minimum absolute atomic E-state index is 0.0332. The number of hydrogen-bond acceptors (Lipinski definition) is 1. The summed E-state index contributed by atoms with van der Waals surface area (Å²) in [7, 11) is 0. The first kappa shape index (κ1) is 13.7. The minimum atomic E-state index is -0.534. The lowest BCUT2D eigenvalue weighted by atomic mass is 10.0. The smallest absolute Gasteiger partial charge is 0.133 e. The van der Waals surface area contributed by atoms with Crippen molar-refractivity contribution in [3.63, 3.8) is 0 Å². The molecule has 0 saturated carbocycles. The Morgan fingerprint density at radius 2 is 1.53 bits per heavy atom. The van der Waals surface area contributed by atoms with Crippen molar-refractivity contribution < 1.29 is 8.78 Å². The molecular formula is C16H17F2N. The Morgan fingerprint density at radius 1 is 0.947 bits per heavy atom. The van der Waals surface area contributed by atoms with Crippen LogP contribution in [0.2, 0.25) is 0 Å². The lowest BCUT2D eigenvalue weighted by molar-refractivity contribution is 0.588. The van der Waals surface area contributed by atoms with Gasteiger partial charge in [-0.2, -0.15) is 0 Å². The second-order valence-corrected chi connectivity index (χ2v) is 4.83. The fraction of sp³-hybridized carbons (Fsp3) is 0.250. The summed E-state index contributed by atoms with van der Waals surface area (Å²) >= 11 is 0. The third-order valence-electron chi connectivity index (χ3n) is 2.92. The van der Waals surface area contributed by atoms with E-state index in [1.807, 2.05) is 12.1 Å². The highest BCUT2D eigenvalue weighted by atomic mass is 19.1. The Balaban J connectivity index is 2.23. The second kappa shape index (κ2) is 5.93. The SMILES string of the molecule is CC(C)NCc1ccc(-c2c(F)cccc2F)cc1. The fourth-order valence-electron chi connectivity index (χ4n) is 1.88. The van der Waals surface area contributed by atoms with Crippen molar-refractivity contribution in [3.05, 3.63) is 59.7 Å². The van der Waals surface area contributed by atoms with Crippen LogP contribution in [0.25, 0.3) is 11.1 Å². The molecule has 0 unspecified atom stereocenters. The molecule has 2 aromatic rings. The molecule has 1 nitrogen and oxygen atoms in total. The Hall–Kier alpha value is -1.74. The number of nitrogens with one attached hydrogen (secondary N) is 1. The average molecular weight is 261 g/mol. The summed E-state index contributed by atoms with van der Waals surface area (Å²) in [5, 5.41) is 3.30. The van der Waals surface area contributed by atoms with Gasteiger partial charge in [0, 0.05) is 12.6 Å². The third-order valence-corrected chi connectivity index (χ3v) is 2.92. The van der Waals surface area contributed by atoms with Gasteiger partial charge < -0.3 is 5.32 Å². The summed E-state index contributed by atoms with van der Waals surface area (Å²) in [6.45, 7) is 4.89. The highest BCUT2D eigenvalue weighted by Crippen LogP contribution is 2.26. The first-order valence-corrected chi connectivity index (χ1v) is 6.34. The molecule has 0 amide bonds. The van der Waals surface area contributed by atoms with Gasteiger partial charge in [0.1, 0.15) is 11.6 Å². The molecule has 0 radical (unpaired) electrons. The van der Waals surface area contributed by atoms with Crippen molar-refractivity contribution in [1.82, 2.24) is 5.32 Å². The lowest BCUT2D eigenvalue weighted by Crippen LogP contribution is -2.21. The molecule has 0 aliphatic carbocycles. The lowest BCUT2D eigenvalue weighted by Gasteiger charge is -2.09. The molecule has 0 aromatic heterocycles. The number of benzene rings is 2. The first-order chi connectivity index (χ1) is 9.08. The zero-order valence-corrected chi connectivity index (χ0v) is 11.1. The van der Waals surface area contributed by atoms with E-state index in [9.17, 15) is 8.78 Å². The Morgan fingerprint density at radius 3 is 2.05 bits per heavy atom. The van der Waals surface area contributed by atoms with Crippen molar-refractivity contribution in [3.8, 4) is 11.1 Å². The molecule has 3 heteroatoms. The molecule has 0 aliphatic rings. The van der Waals surface area contributed by atoms with Crippen LogP contribution in [0.1, 0.15) is 19.4 Å². The highest BCUT2D eigenvalue weighted by molar-refractivity contribution is 5.65. The summed E-state index contributed by atoms with van der Waals surface area (Å²) in [4.78, 5) is 0. The summed E-state index contributed by atoms with van der Waals surface area (Å²) in [5.41, 5.74) is 1.68. The molecule has 0 bridgehead atoms. The summed E-state index contributed by atoms with van der Waals surface area (Å²) in [6, 6.07) is 11.6. The van der Waals surface area contributed by atoms with Gasteiger partial charge >= 0.3 is 0 Å². The van der Waals surface area contributed by atoms with Gasteiger partial charge in [-0.05, 0) is 23.3 Å². The van der Waals surface area contributed by atoms with Crippen LogP contribution in [-0.2, 0) is 6.54 Å². The molecule has 0 heterocycles. The monoisotopic (exact) mass is 261 g/mol. The predicted molar refractivity (Wildman–Crippen MR) is 73.8 cm³/mol. The van der Waals surface area contributed by atoms with Crippen LogP contribution in [0, 0.1) is 11.6 Å². The van der Waals surface area contributed by atoms with Gasteiger partial charge in [-0.25, -0.2) is 8.78 Å². The van der Waals surface area contributed by atoms with Crippen molar-refractivity contribution >= 4 is 0 Å². The average Bonchev–Trinajstić information content (AvgIpc) is 2.37. The Labute approximate surface area is 112 Å². The van der Waals surface area contributed by atoms with E-state index in [0.29, 0.717) is 11.6 Å². The van der Waals surface area contributed by atoms with Crippen LogP contribution in [0.15, 0.2) is 42.5 Å². The third kappa shape index (κ3) is 3.38. The topological polar surface area (TPSA) is 12.0 Å². The zero-order valence-electron chi connectivity index (χ0n) is 11.1. The van der Waals surface area contributed by atoms with Crippen LogP contribution in [0.3, 0.4) is 0 Å². The standard InChI is InChI=1S/C16H17F2N/c1-11(2)19-10-12-6-8-13(9-7-12)16-14(17)4-3-5-15(16)18/h3-9,11,19H,10H2,1-2H3. The molecule has 0 saturated heterocycles. The van der Waals surface area contributed by atoms with Gasteiger partial charge in [0.2, 0.25) is 0 Å². The Kier molecular flexibility index (Phi) is 4.27. The quantitative estimate of drug-likeness (QED) is 0.872. The van der Waals surface area contributed by atoms with E-state index in [-0.39, 0.29) is 5.56 Å². The van der Waals surface area contributed by atoms with Gasteiger partial charge in [-0.15, -0.1) is 0 Å². The predicted octanol–water partition coefficient (Wildman–Crippen LogP) is 4.13. The zero-order chi connectivity index (χ0) is 13.8. The van der Waals surface area contributed by atoms with Gasteiger partial charge in [-0.1, -0.05) is 44.2 Å². The largest absolute Gasteiger partial charge is 0.310 e. The van der Waals surface area contributed by atoms with E-state index in [2.05, 4.69) is 19.2 Å². The van der Waals surface area contributed by atoms with Gasteiger partial charge in [0.25, 0.3) is 0 Å². The van der Waals surface area contributed by atoms with E-state index < -0.39 is 11.6 Å². The molecule has 0 fully saturated rings. The maximum absolute atomic E-state index is 13.6. The first-order valence-electron chi connectivity index (χ1n) is 6.34. The summed E-state index contributed by atoms with van der Waals surface area (Å²) < 4.78 is 27.3. The van der Waals surface area contributed by atoms with Crippen LogP contribution in [0.5, 0.6) is 0 Å². The van der Waals surface area contributed by atoms with Crippen LogP contribution in [0.4, 0.5) is 8.78 Å². The van der Waals surface area contributed by atoms with Crippen molar-refractivity contribution in [1.29, 1.82) is 0 Å². The fourth-order valence-corrected chi connectivity index (χ4v) is 1.88. The number of hydrogen-bond donors (Lipinski definition) is 1. The second-order valence-electron chi connectivity index (χ2n) is 4.83. The van der Waals surface area contributed by atoms with Crippen LogP contribution < -0.4 is 5.32 Å². The minimum Gasteiger partial charge on any atom is -0.310 e. The maximum atomic E-state index is 13.6. The molecule has 1 N–H and O–H groups in total. The van der Waals surface area contributed by atoms with E-state index in [1.54, 1.807) is 12.1 Å². The van der Waals surface area contributed by atoms with Crippen molar-refractivity contribution in [2.45, 2.75) is 26.4 Å². The number of halogens is 2.